The van der Waals surface area contributed by atoms with Crippen LogP contribution in [0, 0.1) is 6.92 Å². The molecule has 4 amide bonds. The molecule has 33 nitrogen and oxygen atoms in total. The Labute approximate surface area is 660 Å². The number of para-hydroxylation sites is 1. The molecule has 0 bridgehead atoms. The number of nitrogens with zero attached hydrogens (tertiary/aromatic N) is 3. The summed E-state index contributed by atoms with van der Waals surface area (Å²) in [5.74, 6) is 0. The average Bonchev–Trinajstić information content (AvgIpc) is 1.73. The van der Waals surface area contributed by atoms with Crippen LogP contribution in [0.25, 0.3) is 0 Å². The molecule has 7 aromatic carbocycles. The van der Waals surface area contributed by atoms with Gasteiger partial charge in [0.25, 0.3) is 0 Å². The van der Waals surface area contributed by atoms with Gasteiger partial charge in [-0.25, -0.2) is 19.2 Å². The van der Waals surface area contributed by atoms with Gasteiger partial charge < -0.3 is 96.3 Å². The first-order valence-electron chi connectivity index (χ1n) is 34.3. The molecule has 1 aliphatic carbocycles. The van der Waals surface area contributed by atoms with Gasteiger partial charge in [-0.2, -0.15) is 15.2 Å². The van der Waals surface area contributed by atoms with Crippen molar-refractivity contribution in [2.75, 3.05) is 56.2 Å². The number of carbonyl (C=O) groups is 7. The van der Waals surface area contributed by atoms with Gasteiger partial charge in [-0.3, -0.25) is 35.7 Å². The van der Waals surface area contributed by atoms with Crippen LogP contribution in [0.1, 0.15) is 12.0 Å². The van der Waals surface area contributed by atoms with Crippen molar-refractivity contribution in [3.63, 3.8) is 0 Å². The average molecular weight is 1630 g/mol. The fraction of sp³-hybridized carbons (Fsp3) is 0.329. The van der Waals surface area contributed by atoms with Crippen LogP contribution < -0.4 is 70.9 Å². The zero-order valence-electron chi connectivity index (χ0n) is 58.6. The second-order valence-corrected chi connectivity index (χ2v) is 27.7. The number of hydrogen-bond donors (Lipinski definition) is 10. The smallest absolute Gasteiger partial charge is 0.412 e. The maximum absolute atomic E-state index is 14.2. The van der Waals surface area contributed by atoms with Crippen LogP contribution in [-0.4, -0.2) is 180 Å². The maximum atomic E-state index is 14.2. The fourth-order valence-electron chi connectivity index (χ4n) is 13.1. The minimum Gasteiger partial charge on any atom is -0.446 e. The van der Waals surface area contributed by atoms with Crippen molar-refractivity contribution in [3.8, 4) is 0 Å². The topological polar surface area (TPSA) is 453 Å². The second kappa shape index (κ2) is 38.6. The Hall–Kier alpha value is -9.60. The third-order valence-electron chi connectivity index (χ3n) is 18.2. The Morgan fingerprint density at radius 1 is 0.405 bits per heavy atom. The van der Waals surface area contributed by atoms with Crippen LogP contribution in [0.3, 0.4) is 0 Å². The molecule has 4 aliphatic rings. The normalized spacial score (nSPS) is 26.8. The predicted octanol–water partition coefficient (Wildman–Crippen LogP) is 8.51. The van der Waals surface area contributed by atoms with Gasteiger partial charge in [0, 0.05) is 73.0 Å². The Kier molecular flexibility index (Phi) is 28.6. The summed E-state index contributed by atoms with van der Waals surface area (Å²) in [6, 6.07) is 34.3. The molecular formula is C73H78Cl5N13O20. The van der Waals surface area contributed by atoms with Crippen LogP contribution in [0.2, 0.25) is 25.1 Å². The van der Waals surface area contributed by atoms with E-state index in [9.17, 15) is 33.6 Å². The summed E-state index contributed by atoms with van der Waals surface area (Å²) in [6.07, 6.45) is -24.5. The minimum atomic E-state index is -1.97. The largest absolute Gasteiger partial charge is 0.446 e. The Morgan fingerprint density at radius 2 is 0.775 bits per heavy atom. The summed E-state index contributed by atoms with van der Waals surface area (Å²) < 4.78 is 66.1. The Morgan fingerprint density at radius 3 is 1.24 bits per heavy atom. The molecule has 3 saturated heterocycles. The van der Waals surface area contributed by atoms with Crippen LogP contribution in [0.15, 0.2) is 176 Å². The van der Waals surface area contributed by atoms with E-state index in [-0.39, 0.29) is 69.3 Å². The van der Waals surface area contributed by atoms with Crippen molar-refractivity contribution < 1.29 is 95.4 Å². The van der Waals surface area contributed by atoms with Gasteiger partial charge in [-0.15, -0.1) is 0 Å². The summed E-state index contributed by atoms with van der Waals surface area (Å²) in [4.78, 5) is 113. The van der Waals surface area contributed by atoms with Crippen molar-refractivity contribution in [1.82, 2.24) is 0 Å². The van der Waals surface area contributed by atoms with Crippen LogP contribution in [0.5, 0.6) is 0 Å². The summed E-state index contributed by atoms with van der Waals surface area (Å²) >= 11 is 31.7. The van der Waals surface area contributed by atoms with Crippen molar-refractivity contribution in [1.29, 1.82) is 0 Å². The molecule has 0 aromatic heterocycles. The molecule has 11 rings (SSSR count). The molecule has 19 atom stereocenters. The number of hydroxylamine groups is 3. The van der Waals surface area contributed by atoms with Gasteiger partial charge in [0.15, 0.2) is 37.2 Å². The number of benzene rings is 7. The number of hydrogen-bond acceptors (Lipinski definition) is 29. The maximum Gasteiger partial charge on any atom is 0.412 e. The van der Waals surface area contributed by atoms with Crippen LogP contribution >= 0.6 is 58.0 Å². The van der Waals surface area contributed by atoms with Gasteiger partial charge in [-0.1, -0.05) is 93.9 Å². The highest BCUT2D eigenvalue weighted by Gasteiger charge is 2.60. The highest BCUT2D eigenvalue weighted by Crippen LogP contribution is 2.42. The predicted molar refractivity (Wildman–Crippen MR) is 407 cm³/mol. The fourth-order valence-corrected chi connectivity index (χ4v) is 13.7. The lowest BCUT2D eigenvalue weighted by Gasteiger charge is -2.51. The van der Waals surface area contributed by atoms with Crippen molar-refractivity contribution in [3.05, 3.63) is 207 Å². The van der Waals surface area contributed by atoms with E-state index in [4.69, 9.17) is 154 Å². The van der Waals surface area contributed by atoms with E-state index in [2.05, 4.69) is 21.3 Å². The molecule has 590 valence electrons. The number of aryl methyl sites for hydroxylation is 1. The van der Waals surface area contributed by atoms with Gasteiger partial charge in [0.2, 0.25) is 0 Å². The molecule has 111 heavy (non-hydrogen) atoms. The number of nitrogens with one attached hydrogen (secondary N) is 4. The molecular weight excluding hydrogens is 1560 g/mol. The van der Waals surface area contributed by atoms with Crippen LogP contribution in [-0.2, 0) is 76.3 Å². The van der Waals surface area contributed by atoms with Gasteiger partial charge in [0.1, 0.15) is 61.4 Å². The number of carbonyl (C=O) groups excluding carboxylic acids is 7. The van der Waals surface area contributed by atoms with Gasteiger partial charge in [-0.05, 0) is 159 Å². The Bertz CT molecular complexity index is 4250. The van der Waals surface area contributed by atoms with Crippen molar-refractivity contribution in [2.45, 2.75) is 129 Å². The quantitative estimate of drug-likeness (QED) is 0.0119. The lowest BCUT2D eigenvalue weighted by atomic mass is 9.82. The summed E-state index contributed by atoms with van der Waals surface area (Å²) in [5, 5.41) is 15.2. The molecule has 19 unspecified atom stereocenters. The summed E-state index contributed by atoms with van der Waals surface area (Å²) in [5.41, 5.74) is 44.5. The SMILES string of the molecule is Cc1ccc(NC(=O)OC2C(CN)OC(OC3C(COC(=O)Nc4ccccc4)OC(OC4C(OC5OC(CN)C(OC(=O)Nc6ccc(Cl)cc6)C(OC(=O)Nc6ccc(Cl)cc6)C5N)C(N)CC(N)C4N(OC=O)c4ccc(Cl)cc4)C3N(OC=O)c3ccc(Cl)cc3)C(N)C2N(OC=O)c2ccc(Cl)cc2)cc1. The van der Waals surface area contributed by atoms with E-state index in [1.165, 1.54) is 121 Å². The van der Waals surface area contributed by atoms with E-state index in [1.807, 2.05) is 6.92 Å². The third-order valence-corrected chi connectivity index (χ3v) is 19.5. The van der Waals surface area contributed by atoms with E-state index >= 15 is 0 Å². The number of halogens is 5. The second-order valence-electron chi connectivity index (χ2n) is 25.6. The molecule has 3 heterocycles. The molecule has 0 radical (unpaired) electrons. The molecule has 3 aliphatic heterocycles. The highest BCUT2D eigenvalue weighted by molar-refractivity contribution is 6.32. The van der Waals surface area contributed by atoms with E-state index in [0.717, 1.165) is 20.8 Å². The summed E-state index contributed by atoms with van der Waals surface area (Å²) in [7, 11) is 0. The first-order chi connectivity index (χ1) is 53.5. The monoisotopic (exact) mass is 1630 g/mol. The minimum absolute atomic E-state index is 0.0475. The Balaban J connectivity index is 1.03. The van der Waals surface area contributed by atoms with Crippen LogP contribution in [0.4, 0.5) is 59.0 Å². The highest BCUT2D eigenvalue weighted by atomic mass is 35.5. The molecule has 7 aromatic rings. The zero-order valence-corrected chi connectivity index (χ0v) is 62.4. The number of ether oxygens (including phenoxy) is 10. The first-order valence-corrected chi connectivity index (χ1v) is 36.2. The van der Waals surface area contributed by atoms with Crippen molar-refractivity contribution in [2.24, 2.45) is 34.4 Å². The molecule has 16 N–H and O–H groups in total. The number of nitrogens with two attached hydrogens (primary N) is 6. The lowest BCUT2D eigenvalue weighted by Crippen LogP contribution is -2.71. The molecule has 4 fully saturated rings. The van der Waals surface area contributed by atoms with Crippen molar-refractivity contribution >= 4 is 142 Å². The lowest BCUT2D eigenvalue weighted by molar-refractivity contribution is -0.296. The number of rotatable bonds is 29. The third kappa shape index (κ3) is 20.8. The molecule has 1 saturated carbocycles. The molecule has 0 spiro atoms. The summed E-state index contributed by atoms with van der Waals surface area (Å²) in [6.45, 7) is 0.443. The first kappa shape index (κ1) is 82.4. The van der Waals surface area contributed by atoms with E-state index in [1.54, 1.807) is 54.6 Å². The van der Waals surface area contributed by atoms with Gasteiger partial charge >= 0.3 is 43.8 Å². The number of amides is 4. The molecule has 38 heteroatoms. The van der Waals surface area contributed by atoms with E-state index < -0.39 is 160 Å². The zero-order chi connectivity index (χ0) is 79.0. The van der Waals surface area contributed by atoms with Gasteiger partial charge in [0.05, 0.1) is 29.1 Å². The standard InChI is InChI=1S/C73H78Cl5N13O20/c1-38-7-19-45(20-8-38)86-71(96)109-62-53(32-79)103-67(56(83)59(62)90(101-36-93)49-27-15-42(77)16-28-49)107-63-55(34-99-70(95)85-44-5-3-2-4-6-44)105-69(60(63)91(102-37-94)50-29-17-43(78)18-30-50)108-66-58(89(100-35-92)48-25-13-41(76)14-26-48)51(81)31-52(82)61(66)106-68-57(84)65(111-73(98)88-47-23-11-40(75)12-24-47)64(54(33-80)104-68)110-72(97)87-46-21-9-39(74)10-22-46/h2-30,35-37,51-69H,31-34,79-84H2,1H3,(H,85,95)(H,86,96)(H,87,97)(H,88,98). The number of anilines is 7. The van der Waals surface area contributed by atoms with E-state index in [0.29, 0.717) is 21.4 Å².